The summed E-state index contributed by atoms with van der Waals surface area (Å²) in [6.45, 7) is 5.02. The van der Waals surface area contributed by atoms with Crippen molar-refractivity contribution in [1.82, 2.24) is 20.0 Å². The number of hydrogen-bond acceptors (Lipinski definition) is 3. The van der Waals surface area contributed by atoms with Gasteiger partial charge in [-0.05, 0) is 43.7 Å². The first-order chi connectivity index (χ1) is 13.9. The topological polar surface area (TPSA) is 53.4 Å². The molecule has 0 fully saturated rings. The van der Waals surface area contributed by atoms with Gasteiger partial charge in [-0.25, -0.2) is 9.48 Å². The highest BCUT2D eigenvalue weighted by molar-refractivity contribution is 5.74. The molecule has 0 unspecified atom stereocenters. The highest BCUT2D eigenvalue weighted by atomic mass is 16.2. The van der Waals surface area contributed by atoms with Crippen LogP contribution in [0.15, 0.2) is 54.6 Å². The maximum Gasteiger partial charge on any atom is 0.317 e. The van der Waals surface area contributed by atoms with Gasteiger partial charge in [-0.15, -0.1) is 0 Å². The molecule has 0 aliphatic rings. The van der Waals surface area contributed by atoms with Crippen molar-refractivity contribution in [3.63, 3.8) is 0 Å². The van der Waals surface area contributed by atoms with Gasteiger partial charge in [0.05, 0.1) is 11.4 Å². The van der Waals surface area contributed by atoms with E-state index in [0.717, 1.165) is 33.9 Å². The minimum Gasteiger partial charge on any atom is -0.378 e. The molecule has 2 amide bonds. The third kappa shape index (κ3) is 4.77. The predicted molar refractivity (Wildman–Crippen MR) is 118 cm³/mol. The van der Waals surface area contributed by atoms with Crippen LogP contribution in [0.5, 0.6) is 0 Å². The van der Waals surface area contributed by atoms with Crippen LogP contribution < -0.4 is 10.2 Å². The quantitative estimate of drug-likeness (QED) is 0.693. The molecule has 2 aromatic carbocycles. The van der Waals surface area contributed by atoms with E-state index in [1.54, 1.807) is 4.90 Å². The highest BCUT2D eigenvalue weighted by Gasteiger charge is 2.15. The van der Waals surface area contributed by atoms with Crippen LogP contribution in [0.2, 0.25) is 0 Å². The van der Waals surface area contributed by atoms with E-state index < -0.39 is 0 Å². The number of nitrogens with one attached hydrogen (secondary N) is 1. The molecule has 1 N–H and O–H groups in total. The number of anilines is 1. The summed E-state index contributed by atoms with van der Waals surface area (Å²) >= 11 is 0. The Kier molecular flexibility index (Phi) is 6.22. The fourth-order valence-electron chi connectivity index (χ4n) is 3.30. The number of carbonyl (C=O) groups excluding carboxylic acids is 1. The van der Waals surface area contributed by atoms with Gasteiger partial charge in [-0.3, -0.25) is 0 Å². The van der Waals surface area contributed by atoms with Crippen molar-refractivity contribution in [2.45, 2.75) is 26.9 Å². The van der Waals surface area contributed by atoms with Gasteiger partial charge >= 0.3 is 6.03 Å². The Hall–Kier alpha value is -3.28. The van der Waals surface area contributed by atoms with Crippen molar-refractivity contribution in [3.8, 4) is 5.69 Å². The monoisotopic (exact) mass is 391 g/mol. The number of aromatic nitrogens is 2. The molecular formula is C23H29N5O. The number of benzene rings is 2. The Morgan fingerprint density at radius 2 is 1.66 bits per heavy atom. The molecule has 1 aromatic heterocycles. The summed E-state index contributed by atoms with van der Waals surface area (Å²) in [6, 6.07) is 18.1. The summed E-state index contributed by atoms with van der Waals surface area (Å²) in [4.78, 5) is 16.3. The zero-order valence-electron chi connectivity index (χ0n) is 17.8. The molecule has 3 aromatic rings. The van der Waals surface area contributed by atoms with Gasteiger partial charge in [0.25, 0.3) is 0 Å². The van der Waals surface area contributed by atoms with Crippen LogP contribution in [0.3, 0.4) is 0 Å². The number of para-hydroxylation sites is 1. The first kappa shape index (κ1) is 20.5. The van der Waals surface area contributed by atoms with Crippen LogP contribution in [0.4, 0.5) is 10.5 Å². The van der Waals surface area contributed by atoms with E-state index in [1.165, 1.54) is 0 Å². The fraction of sp³-hybridized carbons (Fsp3) is 0.304. The van der Waals surface area contributed by atoms with Gasteiger partial charge in [0.2, 0.25) is 0 Å². The van der Waals surface area contributed by atoms with Gasteiger partial charge in [0.1, 0.15) is 0 Å². The van der Waals surface area contributed by atoms with Gasteiger partial charge in [-0.2, -0.15) is 5.10 Å². The summed E-state index contributed by atoms with van der Waals surface area (Å²) < 4.78 is 1.92. The summed E-state index contributed by atoms with van der Waals surface area (Å²) in [6.07, 6.45) is 0. The number of rotatable bonds is 6. The lowest BCUT2D eigenvalue weighted by atomic mass is 10.2. The lowest BCUT2D eigenvalue weighted by Crippen LogP contribution is -2.36. The largest absolute Gasteiger partial charge is 0.378 e. The van der Waals surface area contributed by atoms with Crippen LogP contribution >= 0.6 is 0 Å². The molecule has 3 rings (SSSR count). The van der Waals surface area contributed by atoms with Crippen LogP contribution in [0.25, 0.3) is 5.69 Å². The molecule has 0 atom stereocenters. The van der Waals surface area contributed by atoms with E-state index in [-0.39, 0.29) is 6.03 Å². The summed E-state index contributed by atoms with van der Waals surface area (Å²) in [5.74, 6) is 0. The SMILES string of the molecule is Cc1nn(-c2ccccc2)c(C)c1CNC(=O)N(C)Cc1ccc(N(C)C)cc1. The van der Waals surface area contributed by atoms with Crippen LogP contribution in [0, 0.1) is 13.8 Å². The Morgan fingerprint density at radius 1 is 1.00 bits per heavy atom. The summed E-state index contributed by atoms with van der Waals surface area (Å²) in [7, 11) is 5.83. The normalized spacial score (nSPS) is 10.7. The molecule has 0 saturated carbocycles. The first-order valence-corrected chi connectivity index (χ1v) is 9.72. The molecule has 0 radical (unpaired) electrons. The third-order valence-corrected chi connectivity index (χ3v) is 5.08. The molecule has 0 aliphatic heterocycles. The van der Waals surface area contributed by atoms with Gasteiger partial charge in [0.15, 0.2) is 0 Å². The standard InChI is InChI=1S/C23H29N5O/c1-17-22(18(2)28(25-17)21-9-7-6-8-10-21)15-24-23(29)27(5)16-19-11-13-20(14-12-19)26(3)4/h6-14H,15-16H2,1-5H3,(H,24,29). The molecule has 6 nitrogen and oxygen atoms in total. The van der Waals surface area contributed by atoms with Crippen LogP contribution in [0.1, 0.15) is 22.5 Å². The second-order valence-electron chi connectivity index (χ2n) is 7.47. The van der Waals surface area contributed by atoms with Gasteiger partial charge < -0.3 is 15.1 Å². The number of urea groups is 1. The fourth-order valence-corrected chi connectivity index (χ4v) is 3.30. The average molecular weight is 392 g/mol. The van der Waals surface area contributed by atoms with Crippen molar-refractivity contribution in [2.24, 2.45) is 0 Å². The van der Waals surface area contributed by atoms with Crippen molar-refractivity contribution in [1.29, 1.82) is 0 Å². The summed E-state index contributed by atoms with van der Waals surface area (Å²) in [5, 5.41) is 7.66. The minimum atomic E-state index is -0.104. The van der Waals surface area contributed by atoms with E-state index in [9.17, 15) is 4.79 Å². The van der Waals surface area contributed by atoms with Crippen molar-refractivity contribution < 1.29 is 4.79 Å². The maximum atomic E-state index is 12.6. The van der Waals surface area contributed by atoms with E-state index in [0.29, 0.717) is 13.1 Å². The average Bonchev–Trinajstić information content (AvgIpc) is 3.00. The Morgan fingerprint density at radius 3 is 2.28 bits per heavy atom. The van der Waals surface area contributed by atoms with E-state index in [1.807, 2.05) is 70.0 Å². The van der Waals surface area contributed by atoms with Crippen molar-refractivity contribution >= 4 is 11.7 Å². The van der Waals surface area contributed by atoms with Crippen molar-refractivity contribution in [3.05, 3.63) is 77.1 Å². The maximum absolute atomic E-state index is 12.6. The smallest absolute Gasteiger partial charge is 0.317 e. The molecule has 29 heavy (non-hydrogen) atoms. The Balaban J connectivity index is 1.62. The van der Waals surface area contributed by atoms with Gasteiger partial charge in [0, 0.05) is 51.2 Å². The van der Waals surface area contributed by atoms with E-state index in [2.05, 4.69) is 39.6 Å². The van der Waals surface area contributed by atoms with E-state index in [4.69, 9.17) is 0 Å². The molecule has 0 bridgehead atoms. The Bertz CT molecular complexity index is 961. The van der Waals surface area contributed by atoms with Gasteiger partial charge in [-0.1, -0.05) is 30.3 Å². The third-order valence-electron chi connectivity index (χ3n) is 5.08. The lowest BCUT2D eigenvalue weighted by Gasteiger charge is -2.19. The molecule has 0 spiro atoms. The predicted octanol–water partition coefficient (Wildman–Crippen LogP) is 3.90. The first-order valence-electron chi connectivity index (χ1n) is 9.72. The van der Waals surface area contributed by atoms with Crippen molar-refractivity contribution in [2.75, 3.05) is 26.0 Å². The second kappa shape index (κ2) is 8.82. The minimum absolute atomic E-state index is 0.104. The highest BCUT2D eigenvalue weighted by Crippen LogP contribution is 2.18. The Labute approximate surface area is 172 Å². The number of aryl methyl sites for hydroxylation is 1. The zero-order chi connectivity index (χ0) is 21.0. The number of hydrogen-bond donors (Lipinski definition) is 1. The summed E-state index contributed by atoms with van der Waals surface area (Å²) in [5.41, 5.74) is 6.26. The second-order valence-corrected chi connectivity index (χ2v) is 7.47. The number of nitrogens with zero attached hydrogens (tertiary/aromatic N) is 4. The molecule has 0 saturated heterocycles. The molecule has 152 valence electrons. The zero-order valence-corrected chi connectivity index (χ0v) is 17.8. The van der Waals surface area contributed by atoms with Crippen LogP contribution in [-0.2, 0) is 13.1 Å². The molecular weight excluding hydrogens is 362 g/mol. The number of amides is 2. The molecule has 0 aliphatic carbocycles. The molecule has 6 heteroatoms. The van der Waals surface area contributed by atoms with Crippen LogP contribution in [-0.4, -0.2) is 41.9 Å². The lowest BCUT2D eigenvalue weighted by molar-refractivity contribution is 0.206. The number of carbonyl (C=O) groups is 1. The van der Waals surface area contributed by atoms with E-state index >= 15 is 0 Å². The molecule has 1 heterocycles.